The van der Waals surface area contributed by atoms with Gasteiger partial charge in [0.05, 0.1) is 11.4 Å². The van der Waals surface area contributed by atoms with Gasteiger partial charge < -0.3 is 5.32 Å². The number of nitrogens with one attached hydrogen (secondary N) is 1. The highest BCUT2D eigenvalue weighted by molar-refractivity contribution is 5.47. The van der Waals surface area contributed by atoms with Crippen molar-refractivity contribution in [2.75, 3.05) is 18.4 Å². The third-order valence-electron chi connectivity index (χ3n) is 5.16. The van der Waals surface area contributed by atoms with Gasteiger partial charge in [0, 0.05) is 43.4 Å². The first-order valence-electron chi connectivity index (χ1n) is 9.02. The summed E-state index contributed by atoms with van der Waals surface area (Å²) in [5, 5.41) is 3.62. The number of rotatable bonds is 4. The zero-order valence-electron chi connectivity index (χ0n) is 14.3. The Morgan fingerprint density at radius 2 is 2.04 bits per heavy atom. The molecule has 1 fully saturated rings. The third kappa shape index (κ3) is 3.41. The monoisotopic (exact) mass is 323 g/mol. The molecule has 4 rings (SSSR count). The smallest absolute Gasteiger partial charge is 0.133 e. The molecule has 5 nitrogen and oxygen atoms in total. The second kappa shape index (κ2) is 6.85. The average Bonchev–Trinajstić information content (AvgIpc) is 2.74. The van der Waals surface area contributed by atoms with Crippen LogP contribution in [0.4, 0.5) is 5.82 Å². The molecule has 0 radical (unpaired) electrons. The molecule has 24 heavy (non-hydrogen) atoms. The molecule has 0 unspecified atom stereocenters. The van der Waals surface area contributed by atoms with E-state index in [1.54, 1.807) is 6.33 Å². The first-order chi connectivity index (χ1) is 11.8. The Hall–Kier alpha value is -2.01. The maximum Gasteiger partial charge on any atom is 0.133 e. The molecule has 0 spiro atoms. The summed E-state index contributed by atoms with van der Waals surface area (Å²) in [7, 11) is 0. The maximum absolute atomic E-state index is 4.64. The van der Waals surface area contributed by atoms with E-state index in [1.807, 2.05) is 0 Å². The largest absolute Gasteiger partial charge is 0.367 e. The predicted octanol–water partition coefficient (Wildman–Crippen LogP) is 2.75. The summed E-state index contributed by atoms with van der Waals surface area (Å²) < 4.78 is 0. The van der Waals surface area contributed by atoms with E-state index in [-0.39, 0.29) is 0 Å². The number of pyridine rings is 1. The molecule has 0 aromatic carbocycles. The Kier molecular flexibility index (Phi) is 4.43. The molecular weight excluding hydrogens is 298 g/mol. The van der Waals surface area contributed by atoms with Crippen LogP contribution in [0.2, 0.25) is 0 Å². The van der Waals surface area contributed by atoms with Crippen molar-refractivity contribution in [3.63, 3.8) is 0 Å². The summed E-state index contributed by atoms with van der Waals surface area (Å²) in [6, 6.07) is 6.88. The summed E-state index contributed by atoms with van der Waals surface area (Å²) in [6.07, 6.45) is 7.59. The molecule has 1 N–H and O–H groups in total. The molecule has 0 amide bonds. The van der Waals surface area contributed by atoms with Gasteiger partial charge >= 0.3 is 0 Å². The van der Waals surface area contributed by atoms with E-state index in [0.29, 0.717) is 6.04 Å². The van der Waals surface area contributed by atoms with Gasteiger partial charge in [0.15, 0.2) is 0 Å². The van der Waals surface area contributed by atoms with Crippen LogP contribution in [0.15, 0.2) is 24.5 Å². The standard InChI is InChI=1S/C19H25N5/c1-14-4-2-7-16(22-14)12-24-10-8-17-18(9-11-24)20-13-21-19(17)23-15-5-3-6-15/h2,4,7,13,15H,3,5-6,8-12H2,1H3,(H,20,21,23). The molecule has 0 saturated heterocycles. The Balaban J connectivity index is 1.46. The molecular formula is C19H25N5. The lowest BCUT2D eigenvalue weighted by Crippen LogP contribution is -2.28. The average molecular weight is 323 g/mol. The Morgan fingerprint density at radius 1 is 1.17 bits per heavy atom. The van der Waals surface area contributed by atoms with Gasteiger partial charge in [0.2, 0.25) is 0 Å². The summed E-state index contributed by atoms with van der Waals surface area (Å²) in [5.74, 6) is 1.07. The van der Waals surface area contributed by atoms with Crippen molar-refractivity contribution >= 4 is 5.82 Å². The van der Waals surface area contributed by atoms with E-state index >= 15 is 0 Å². The van der Waals surface area contributed by atoms with E-state index in [4.69, 9.17) is 0 Å². The molecule has 1 aliphatic heterocycles. The van der Waals surface area contributed by atoms with Gasteiger partial charge in [0.25, 0.3) is 0 Å². The fourth-order valence-corrected chi connectivity index (χ4v) is 3.52. The Morgan fingerprint density at radius 3 is 2.83 bits per heavy atom. The molecule has 5 heteroatoms. The maximum atomic E-state index is 4.64. The minimum Gasteiger partial charge on any atom is -0.367 e. The predicted molar refractivity (Wildman–Crippen MR) is 95.0 cm³/mol. The lowest BCUT2D eigenvalue weighted by Gasteiger charge is -2.28. The van der Waals surface area contributed by atoms with Crippen molar-refractivity contribution in [2.45, 2.75) is 51.6 Å². The quantitative estimate of drug-likeness (QED) is 0.937. The molecule has 2 aliphatic rings. The van der Waals surface area contributed by atoms with Crippen LogP contribution in [0.3, 0.4) is 0 Å². The van der Waals surface area contributed by atoms with Crippen molar-refractivity contribution in [1.29, 1.82) is 0 Å². The minimum absolute atomic E-state index is 0.611. The van der Waals surface area contributed by atoms with Gasteiger partial charge in [0.1, 0.15) is 12.1 Å². The van der Waals surface area contributed by atoms with Crippen molar-refractivity contribution < 1.29 is 0 Å². The fraction of sp³-hybridized carbons (Fsp3) is 0.526. The summed E-state index contributed by atoms with van der Waals surface area (Å²) in [5.41, 5.74) is 4.78. The highest BCUT2D eigenvalue weighted by atomic mass is 15.1. The number of anilines is 1. The van der Waals surface area contributed by atoms with Crippen LogP contribution in [-0.4, -0.2) is 39.0 Å². The van der Waals surface area contributed by atoms with Crippen LogP contribution in [0.5, 0.6) is 0 Å². The number of nitrogens with zero attached hydrogens (tertiary/aromatic N) is 4. The zero-order chi connectivity index (χ0) is 16.4. The van der Waals surface area contributed by atoms with Crippen molar-refractivity contribution in [3.05, 3.63) is 47.2 Å². The molecule has 1 saturated carbocycles. The van der Waals surface area contributed by atoms with E-state index in [2.05, 4.69) is 50.3 Å². The fourth-order valence-electron chi connectivity index (χ4n) is 3.52. The summed E-state index contributed by atoms with van der Waals surface area (Å²) >= 11 is 0. The number of hydrogen-bond donors (Lipinski definition) is 1. The summed E-state index contributed by atoms with van der Waals surface area (Å²) in [6.45, 7) is 5.03. The molecule has 126 valence electrons. The first kappa shape index (κ1) is 15.5. The number of aryl methyl sites for hydroxylation is 1. The number of fused-ring (bicyclic) bond motifs is 1. The van der Waals surface area contributed by atoms with Crippen molar-refractivity contribution in [1.82, 2.24) is 19.9 Å². The zero-order valence-corrected chi connectivity index (χ0v) is 14.3. The Bertz CT molecular complexity index is 711. The molecule has 1 aliphatic carbocycles. The number of hydrogen-bond acceptors (Lipinski definition) is 5. The van der Waals surface area contributed by atoms with Gasteiger partial charge in [-0.25, -0.2) is 9.97 Å². The third-order valence-corrected chi connectivity index (χ3v) is 5.16. The van der Waals surface area contributed by atoms with Crippen LogP contribution in [0.25, 0.3) is 0 Å². The SMILES string of the molecule is Cc1cccc(CN2CCc3ncnc(NC4CCC4)c3CC2)n1. The molecule has 0 atom stereocenters. The van der Waals surface area contributed by atoms with E-state index in [9.17, 15) is 0 Å². The van der Waals surface area contributed by atoms with Gasteiger partial charge in [-0.2, -0.15) is 0 Å². The van der Waals surface area contributed by atoms with Crippen LogP contribution >= 0.6 is 0 Å². The van der Waals surface area contributed by atoms with Crippen LogP contribution in [-0.2, 0) is 19.4 Å². The molecule has 2 aromatic heterocycles. The molecule has 2 aromatic rings. The van der Waals surface area contributed by atoms with Crippen molar-refractivity contribution in [3.8, 4) is 0 Å². The first-order valence-corrected chi connectivity index (χ1v) is 9.02. The highest BCUT2D eigenvalue weighted by Gasteiger charge is 2.22. The second-order valence-electron chi connectivity index (χ2n) is 6.97. The lowest BCUT2D eigenvalue weighted by atomic mass is 9.93. The molecule has 0 bridgehead atoms. The van der Waals surface area contributed by atoms with Gasteiger partial charge in [-0.1, -0.05) is 6.07 Å². The van der Waals surface area contributed by atoms with Gasteiger partial charge in [-0.05, 0) is 44.7 Å². The van der Waals surface area contributed by atoms with Gasteiger partial charge in [-0.3, -0.25) is 9.88 Å². The number of aromatic nitrogens is 3. The minimum atomic E-state index is 0.611. The van der Waals surface area contributed by atoms with E-state index in [1.165, 1.54) is 30.5 Å². The van der Waals surface area contributed by atoms with E-state index < -0.39 is 0 Å². The van der Waals surface area contributed by atoms with E-state index in [0.717, 1.165) is 49.7 Å². The highest BCUT2D eigenvalue weighted by Crippen LogP contribution is 2.26. The van der Waals surface area contributed by atoms with Gasteiger partial charge in [-0.15, -0.1) is 0 Å². The van der Waals surface area contributed by atoms with Crippen LogP contribution < -0.4 is 5.32 Å². The van der Waals surface area contributed by atoms with Crippen LogP contribution in [0, 0.1) is 6.92 Å². The van der Waals surface area contributed by atoms with Crippen LogP contribution in [0.1, 0.15) is 41.9 Å². The normalized spacial score (nSPS) is 18.5. The second-order valence-corrected chi connectivity index (χ2v) is 6.97. The Labute approximate surface area is 143 Å². The summed E-state index contributed by atoms with van der Waals surface area (Å²) in [4.78, 5) is 16.2. The topological polar surface area (TPSA) is 53.9 Å². The molecule has 3 heterocycles. The lowest BCUT2D eigenvalue weighted by molar-refractivity contribution is 0.275. The van der Waals surface area contributed by atoms with Crippen molar-refractivity contribution in [2.24, 2.45) is 0 Å².